The standard InChI is InChI=1S/C27H24N4O5/c1-15(28)25(34)30-21(14-16-8-3-2-4-9-16)27(36)31(29)26(35)20-13-7-12-19-22(20)24(33)18-11-6-5-10-17(18)23(19)32/h2-13,15,21H,14,28-29H2,1H3,(H,30,34)/t15-,21-/m0/s1. The molecule has 9 heteroatoms. The first-order valence-electron chi connectivity index (χ1n) is 11.2. The number of hydrogen-bond acceptors (Lipinski definition) is 7. The highest BCUT2D eigenvalue weighted by Gasteiger charge is 2.36. The number of benzene rings is 3. The Morgan fingerprint density at radius 1 is 0.833 bits per heavy atom. The summed E-state index contributed by atoms with van der Waals surface area (Å²) in [5.41, 5.74) is 6.51. The van der Waals surface area contributed by atoms with Crippen molar-refractivity contribution in [1.29, 1.82) is 0 Å². The molecule has 0 aliphatic heterocycles. The van der Waals surface area contributed by atoms with Gasteiger partial charge in [0.1, 0.15) is 6.04 Å². The maximum Gasteiger partial charge on any atom is 0.275 e. The molecule has 3 aromatic rings. The van der Waals surface area contributed by atoms with E-state index in [1.807, 2.05) is 0 Å². The number of fused-ring (bicyclic) bond motifs is 2. The summed E-state index contributed by atoms with van der Waals surface area (Å²) in [4.78, 5) is 65.2. The van der Waals surface area contributed by atoms with Gasteiger partial charge in [0.25, 0.3) is 11.8 Å². The van der Waals surface area contributed by atoms with Crippen LogP contribution >= 0.6 is 0 Å². The van der Waals surface area contributed by atoms with Crippen LogP contribution < -0.4 is 16.9 Å². The highest BCUT2D eigenvalue weighted by Crippen LogP contribution is 2.30. The van der Waals surface area contributed by atoms with Gasteiger partial charge in [-0.3, -0.25) is 24.0 Å². The van der Waals surface area contributed by atoms with E-state index >= 15 is 0 Å². The number of amides is 3. The Hall–Kier alpha value is -4.47. The van der Waals surface area contributed by atoms with Crippen molar-refractivity contribution >= 4 is 29.3 Å². The van der Waals surface area contributed by atoms with Crippen LogP contribution in [0.2, 0.25) is 0 Å². The molecule has 3 amide bonds. The zero-order valence-corrected chi connectivity index (χ0v) is 19.4. The van der Waals surface area contributed by atoms with Crippen molar-refractivity contribution < 1.29 is 24.0 Å². The Morgan fingerprint density at radius 2 is 1.42 bits per heavy atom. The lowest BCUT2D eigenvalue weighted by Crippen LogP contribution is -2.56. The van der Waals surface area contributed by atoms with Gasteiger partial charge in [0.05, 0.1) is 11.6 Å². The van der Waals surface area contributed by atoms with Crippen LogP contribution in [-0.4, -0.2) is 46.4 Å². The van der Waals surface area contributed by atoms with Crippen LogP contribution in [0.5, 0.6) is 0 Å². The van der Waals surface area contributed by atoms with Crippen molar-refractivity contribution in [3.05, 3.63) is 106 Å². The zero-order valence-electron chi connectivity index (χ0n) is 19.4. The molecular weight excluding hydrogens is 460 g/mol. The fraction of sp³-hybridized carbons (Fsp3) is 0.148. The number of rotatable bonds is 6. The van der Waals surface area contributed by atoms with Crippen molar-refractivity contribution in [2.45, 2.75) is 25.4 Å². The molecule has 0 radical (unpaired) electrons. The fourth-order valence-corrected chi connectivity index (χ4v) is 4.07. The van der Waals surface area contributed by atoms with Crippen molar-refractivity contribution in [3.8, 4) is 0 Å². The van der Waals surface area contributed by atoms with Gasteiger partial charge < -0.3 is 11.1 Å². The van der Waals surface area contributed by atoms with Gasteiger partial charge in [-0.2, -0.15) is 0 Å². The summed E-state index contributed by atoms with van der Waals surface area (Å²) in [5.74, 6) is 2.56. The van der Waals surface area contributed by atoms with Crippen LogP contribution in [0.15, 0.2) is 72.8 Å². The maximum atomic E-state index is 13.4. The normalized spacial score (nSPS) is 13.8. The molecule has 0 bridgehead atoms. The zero-order chi connectivity index (χ0) is 26.0. The Bertz CT molecular complexity index is 1380. The summed E-state index contributed by atoms with van der Waals surface area (Å²) in [6, 6.07) is 17.3. The molecule has 36 heavy (non-hydrogen) atoms. The SMILES string of the molecule is C[C@H](N)C(=O)N[C@@H](Cc1ccccc1)C(=O)N(N)C(=O)c1cccc2c1C(=O)c1ccccc1C2=O. The Balaban J connectivity index is 1.67. The number of nitrogens with one attached hydrogen (secondary N) is 1. The highest BCUT2D eigenvalue weighted by molar-refractivity contribution is 6.31. The smallest absolute Gasteiger partial charge is 0.275 e. The molecule has 0 unspecified atom stereocenters. The second kappa shape index (κ2) is 10.0. The number of imide groups is 1. The van der Waals surface area contributed by atoms with Gasteiger partial charge in [-0.05, 0) is 18.6 Å². The number of hydrogen-bond donors (Lipinski definition) is 3. The Labute approximate surface area is 207 Å². The third-order valence-electron chi connectivity index (χ3n) is 5.95. The minimum Gasteiger partial charge on any atom is -0.343 e. The van der Waals surface area contributed by atoms with E-state index in [0.29, 0.717) is 5.01 Å². The molecule has 0 fully saturated rings. The summed E-state index contributed by atoms with van der Waals surface area (Å²) in [6.07, 6.45) is 0.0524. The van der Waals surface area contributed by atoms with E-state index in [1.165, 1.54) is 31.2 Å². The van der Waals surface area contributed by atoms with Crippen LogP contribution in [-0.2, 0) is 16.0 Å². The second-order valence-corrected chi connectivity index (χ2v) is 8.48. The first-order valence-corrected chi connectivity index (χ1v) is 11.2. The average molecular weight is 485 g/mol. The van der Waals surface area contributed by atoms with E-state index in [9.17, 15) is 24.0 Å². The summed E-state index contributed by atoms with van der Waals surface area (Å²) in [5, 5.41) is 2.90. The topological polar surface area (TPSA) is 153 Å². The second-order valence-electron chi connectivity index (χ2n) is 8.48. The van der Waals surface area contributed by atoms with Crippen molar-refractivity contribution in [1.82, 2.24) is 10.3 Å². The largest absolute Gasteiger partial charge is 0.343 e. The van der Waals surface area contributed by atoms with Crippen LogP contribution in [0.4, 0.5) is 0 Å². The van der Waals surface area contributed by atoms with E-state index in [0.717, 1.165) is 5.56 Å². The van der Waals surface area contributed by atoms with E-state index in [1.54, 1.807) is 48.5 Å². The molecule has 3 aromatic carbocycles. The average Bonchev–Trinajstić information content (AvgIpc) is 2.90. The third-order valence-corrected chi connectivity index (χ3v) is 5.95. The molecule has 2 atom stereocenters. The van der Waals surface area contributed by atoms with Crippen LogP contribution in [0.25, 0.3) is 0 Å². The number of carbonyl (C=O) groups is 5. The third kappa shape index (κ3) is 4.57. The number of nitrogens with two attached hydrogens (primary N) is 2. The minimum atomic E-state index is -1.20. The van der Waals surface area contributed by atoms with E-state index in [4.69, 9.17) is 11.6 Å². The monoisotopic (exact) mass is 484 g/mol. The van der Waals surface area contributed by atoms with Crippen LogP contribution in [0.1, 0.15) is 54.7 Å². The lowest BCUT2D eigenvalue weighted by Gasteiger charge is -2.25. The number of carbonyl (C=O) groups excluding carboxylic acids is 5. The van der Waals surface area contributed by atoms with E-state index in [-0.39, 0.29) is 34.2 Å². The molecule has 182 valence electrons. The van der Waals surface area contributed by atoms with Gasteiger partial charge in [-0.1, -0.05) is 66.7 Å². The molecule has 5 N–H and O–H groups in total. The molecular formula is C27H24N4O5. The predicted octanol–water partition coefficient (Wildman–Crippen LogP) is 1.38. The fourth-order valence-electron chi connectivity index (χ4n) is 4.07. The lowest BCUT2D eigenvalue weighted by molar-refractivity contribution is -0.134. The Morgan fingerprint density at radius 3 is 2.06 bits per heavy atom. The molecule has 0 saturated heterocycles. The number of ketones is 2. The molecule has 9 nitrogen and oxygen atoms in total. The molecule has 4 rings (SSSR count). The van der Waals surface area contributed by atoms with Gasteiger partial charge in [0.2, 0.25) is 5.91 Å². The van der Waals surface area contributed by atoms with Crippen LogP contribution in [0.3, 0.4) is 0 Å². The van der Waals surface area contributed by atoms with Gasteiger partial charge in [0, 0.05) is 28.7 Å². The summed E-state index contributed by atoms with van der Waals surface area (Å²) >= 11 is 0. The quantitative estimate of drug-likeness (QED) is 0.212. The summed E-state index contributed by atoms with van der Waals surface area (Å²) in [7, 11) is 0. The lowest BCUT2D eigenvalue weighted by atomic mass is 9.81. The van der Waals surface area contributed by atoms with Crippen molar-refractivity contribution in [2.24, 2.45) is 11.6 Å². The van der Waals surface area contributed by atoms with Gasteiger partial charge in [-0.25, -0.2) is 10.9 Å². The van der Waals surface area contributed by atoms with Crippen molar-refractivity contribution in [2.75, 3.05) is 0 Å². The van der Waals surface area contributed by atoms with Gasteiger partial charge in [-0.15, -0.1) is 0 Å². The molecule has 0 heterocycles. The highest BCUT2D eigenvalue weighted by atomic mass is 16.2. The predicted molar refractivity (Wildman–Crippen MR) is 131 cm³/mol. The van der Waals surface area contributed by atoms with Gasteiger partial charge in [0.15, 0.2) is 11.6 Å². The first-order chi connectivity index (χ1) is 17.2. The summed E-state index contributed by atoms with van der Waals surface area (Å²) < 4.78 is 0. The molecule has 1 aliphatic carbocycles. The maximum absolute atomic E-state index is 13.4. The van der Waals surface area contributed by atoms with Crippen LogP contribution in [0, 0.1) is 0 Å². The minimum absolute atomic E-state index is 0.0523. The Kier molecular flexibility index (Phi) is 6.86. The molecule has 0 spiro atoms. The number of nitrogens with zero attached hydrogens (tertiary/aromatic N) is 1. The van der Waals surface area contributed by atoms with E-state index < -0.39 is 41.4 Å². The number of hydrazine groups is 1. The van der Waals surface area contributed by atoms with E-state index in [2.05, 4.69) is 5.32 Å². The molecule has 0 aromatic heterocycles. The molecule has 0 saturated carbocycles. The summed E-state index contributed by atoms with van der Waals surface area (Å²) in [6.45, 7) is 1.46. The first kappa shape index (κ1) is 24.6. The van der Waals surface area contributed by atoms with Crippen molar-refractivity contribution in [3.63, 3.8) is 0 Å². The molecule has 1 aliphatic rings. The van der Waals surface area contributed by atoms with Gasteiger partial charge >= 0.3 is 0 Å².